The number of esters is 1. The summed E-state index contributed by atoms with van der Waals surface area (Å²) in [6.07, 6.45) is 0. The van der Waals surface area contributed by atoms with Gasteiger partial charge in [0.05, 0.1) is 16.6 Å². The van der Waals surface area contributed by atoms with Gasteiger partial charge in [-0.2, -0.15) is 0 Å². The second-order valence-corrected chi connectivity index (χ2v) is 3.32. The van der Waals surface area contributed by atoms with Crippen molar-refractivity contribution < 1.29 is 18.3 Å². The van der Waals surface area contributed by atoms with E-state index in [0.29, 0.717) is 6.07 Å². The zero-order valence-corrected chi connectivity index (χ0v) is 8.90. The molecule has 0 fully saturated rings. The second-order valence-electron chi connectivity index (χ2n) is 2.47. The highest BCUT2D eigenvalue weighted by atomic mass is 79.9. The van der Waals surface area contributed by atoms with Crippen molar-refractivity contribution in [3.63, 3.8) is 0 Å². The van der Waals surface area contributed by atoms with Crippen LogP contribution in [-0.2, 0) is 4.74 Å². The van der Waals surface area contributed by atoms with Gasteiger partial charge in [-0.1, -0.05) is 0 Å². The largest absolute Gasteiger partial charge is 0.462 e. The Morgan fingerprint density at radius 3 is 2.64 bits per heavy atom. The van der Waals surface area contributed by atoms with E-state index in [-0.39, 0.29) is 16.6 Å². The Labute approximate surface area is 88.0 Å². The topological polar surface area (TPSA) is 26.3 Å². The van der Waals surface area contributed by atoms with Crippen LogP contribution in [0.25, 0.3) is 0 Å². The van der Waals surface area contributed by atoms with Gasteiger partial charge in [0.15, 0.2) is 0 Å². The molecule has 1 aromatic carbocycles. The highest BCUT2D eigenvalue weighted by Gasteiger charge is 2.15. The summed E-state index contributed by atoms with van der Waals surface area (Å²) in [6, 6.07) is 1.69. The maximum atomic E-state index is 13.0. The molecule has 0 aliphatic heterocycles. The molecule has 0 aromatic heterocycles. The molecule has 1 rings (SSSR count). The highest BCUT2D eigenvalue weighted by molar-refractivity contribution is 9.10. The molecule has 0 radical (unpaired) electrons. The van der Waals surface area contributed by atoms with Crippen LogP contribution >= 0.6 is 15.9 Å². The molecular weight excluding hydrogens is 258 g/mol. The minimum Gasteiger partial charge on any atom is -0.462 e. The Bertz CT molecular complexity index is 366. The molecule has 0 heterocycles. The minimum atomic E-state index is -0.927. The van der Waals surface area contributed by atoms with Gasteiger partial charge in [-0.05, 0) is 28.9 Å². The van der Waals surface area contributed by atoms with Crippen molar-refractivity contribution in [3.05, 3.63) is 33.8 Å². The van der Waals surface area contributed by atoms with E-state index >= 15 is 0 Å². The predicted octanol–water partition coefficient (Wildman–Crippen LogP) is 2.90. The number of ether oxygens (including phenoxy) is 1. The molecule has 5 heteroatoms. The van der Waals surface area contributed by atoms with Gasteiger partial charge in [-0.3, -0.25) is 0 Å². The molecule has 0 aliphatic rings. The zero-order chi connectivity index (χ0) is 10.7. The molecule has 0 N–H and O–H groups in total. The lowest BCUT2D eigenvalue weighted by atomic mass is 10.2. The summed E-state index contributed by atoms with van der Waals surface area (Å²) in [5.41, 5.74) is -0.278. The van der Waals surface area contributed by atoms with Gasteiger partial charge in [0, 0.05) is 6.07 Å². The van der Waals surface area contributed by atoms with Crippen molar-refractivity contribution in [2.75, 3.05) is 6.61 Å². The van der Waals surface area contributed by atoms with E-state index in [1.165, 1.54) is 0 Å². The summed E-state index contributed by atoms with van der Waals surface area (Å²) in [7, 11) is 0. The Morgan fingerprint density at radius 1 is 1.43 bits per heavy atom. The fourth-order valence-electron chi connectivity index (χ4n) is 0.888. The van der Waals surface area contributed by atoms with Crippen LogP contribution in [0, 0.1) is 11.6 Å². The SMILES string of the molecule is CCOC(=O)c1cc(Br)c(F)cc1F. The van der Waals surface area contributed by atoms with Crippen LogP contribution in [0.4, 0.5) is 8.78 Å². The van der Waals surface area contributed by atoms with E-state index in [2.05, 4.69) is 20.7 Å². The molecule has 76 valence electrons. The Hall–Kier alpha value is -0.970. The number of hydrogen-bond donors (Lipinski definition) is 0. The summed E-state index contributed by atoms with van der Waals surface area (Å²) >= 11 is 2.85. The molecule has 0 unspecified atom stereocenters. The lowest BCUT2D eigenvalue weighted by molar-refractivity contribution is 0.0521. The molecule has 0 spiro atoms. The number of rotatable bonds is 2. The summed E-state index contributed by atoms with van der Waals surface area (Å²) in [5, 5.41) is 0. The standard InChI is InChI=1S/C9H7BrF2O2/c1-2-14-9(13)5-3-6(10)8(12)4-7(5)11/h3-4H,2H2,1H3. The summed E-state index contributed by atoms with van der Waals surface area (Å²) in [4.78, 5) is 11.1. The van der Waals surface area contributed by atoms with Gasteiger partial charge in [0.2, 0.25) is 0 Å². The van der Waals surface area contributed by atoms with Crippen molar-refractivity contribution in [1.29, 1.82) is 0 Å². The molecule has 1 aromatic rings. The summed E-state index contributed by atoms with van der Waals surface area (Å²) in [5.74, 6) is -2.48. The van der Waals surface area contributed by atoms with Crippen molar-refractivity contribution in [2.45, 2.75) is 6.92 Å². The number of halogens is 3. The summed E-state index contributed by atoms with van der Waals surface area (Å²) in [6.45, 7) is 1.75. The molecule has 0 saturated heterocycles. The first-order valence-electron chi connectivity index (χ1n) is 3.88. The first-order chi connectivity index (χ1) is 6.56. The van der Waals surface area contributed by atoms with Crippen LogP contribution in [0.3, 0.4) is 0 Å². The van der Waals surface area contributed by atoms with E-state index in [4.69, 9.17) is 0 Å². The van der Waals surface area contributed by atoms with E-state index in [9.17, 15) is 13.6 Å². The smallest absolute Gasteiger partial charge is 0.341 e. The second kappa shape index (κ2) is 4.50. The van der Waals surface area contributed by atoms with Gasteiger partial charge in [0.25, 0.3) is 0 Å². The number of benzene rings is 1. The van der Waals surface area contributed by atoms with Crippen LogP contribution in [0.1, 0.15) is 17.3 Å². The molecule has 14 heavy (non-hydrogen) atoms. The Balaban J connectivity index is 3.09. The number of carbonyl (C=O) groups excluding carboxylic acids is 1. The molecule has 0 saturated carbocycles. The first-order valence-corrected chi connectivity index (χ1v) is 4.67. The molecule has 0 bridgehead atoms. The molecule has 0 aliphatic carbocycles. The predicted molar refractivity (Wildman–Crippen MR) is 50.0 cm³/mol. The van der Waals surface area contributed by atoms with Gasteiger partial charge in [0.1, 0.15) is 11.6 Å². The van der Waals surface area contributed by atoms with Crippen LogP contribution < -0.4 is 0 Å². The minimum absolute atomic E-state index is 0.0296. The first kappa shape index (κ1) is 11.1. The van der Waals surface area contributed by atoms with E-state index < -0.39 is 17.6 Å². The zero-order valence-electron chi connectivity index (χ0n) is 7.31. The van der Waals surface area contributed by atoms with E-state index in [1.807, 2.05) is 0 Å². The van der Waals surface area contributed by atoms with Crippen LogP contribution in [0.15, 0.2) is 16.6 Å². The van der Waals surface area contributed by atoms with Crippen molar-refractivity contribution in [3.8, 4) is 0 Å². The monoisotopic (exact) mass is 264 g/mol. The Kier molecular flexibility index (Phi) is 3.57. The van der Waals surface area contributed by atoms with Crippen LogP contribution in [0.2, 0.25) is 0 Å². The maximum Gasteiger partial charge on any atom is 0.341 e. The lowest BCUT2D eigenvalue weighted by Gasteiger charge is -2.03. The van der Waals surface area contributed by atoms with Gasteiger partial charge in [-0.25, -0.2) is 13.6 Å². The fourth-order valence-corrected chi connectivity index (χ4v) is 1.23. The van der Waals surface area contributed by atoms with Gasteiger partial charge >= 0.3 is 5.97 Å². The summed E-state index contributed by atoms with van der Waals surface area (Å²) < 4.78 is 30.4. The average molecular weight is 265 g/mol. The fraction of sp³-hybridized carbons (Fsp3) is 0.222. The van der Waals surface area contributed by atoms with Crippen LogP contribution in [-0.4, -0.2) is 12.6 Å². The third-order valence-corrected chi connectivity index (χ3v) is 2.11. The molecule has 2 nitrogen and oxygen atoms in total. The van der Waals surface area contributed by atoms with Crippen molar-refractivity contribution in [1.82, 2.24) is 0 Å². The highest BCUT2D eigenvalue weighted by Crippen LogP contribution is 2.20. The van der Waals surface area contributed by atoms with E-state index in [1.54, 1.807) is 6.92 Å². The number of carbonyl (C=O) groups is 1. The van der Waals surface area contributed by atoms with Gasteiger partial charge < -0.3 is 4.74 Å². The normalized spacial score (nSPS) is 10.0. The van der Waals surface area contributed by atoms with E-state index in [0.717, 1.165) is 6.07 Å². The van der Waals surface area contributed by atoms with Crippen molar-refractivity contribution in [2.24, 2.45) is 0 Å². The van der Waals surface area contributed by atoms with Crippen molar-refractivity contribution >= 4 is 21.9 Å². The molecule has 0 atom stereocenters. The number of hydrogen-bond acceptors (Lipinski definition) is 2. The molecule has 0 amide bonds. The quantitative estimate of drug-likeness (QED) is 0.607. The average Bonchev–Trinajstić information content (AvgIpc) is 2.11. The third kappa shape index (κ3) is 2.29. The third-order valence-electron chi connectivity index (χ3n) is 1.51. The molecular formula is C9H7BrF2O2. The lowest BCUT2D eigenvalue weighted by Crippen LogP contribution is -2.07. The maximum absolute atomic E-state index is 13.0. The van der Waals surface area contributed by atoms with Crippen LogP contribution in [0.5, 0.6) is 0 Å². The Morgan fingerprint density at radius 2 is 2.07 bits per heavy atom. The van der Waals surface area contributed by atoms with Gasteiger partial charge in [-0.15, -0.1) is 0 Å².